The Balaban J connectivity index is 2.48. The second-order valence-corrected chi connectivity index (χ2v) is 6.12. The van der Waals surface area contributed by atoms with Gasteiger partial charge in [-0.25, -0.2) is 9.97 Å². The van der Waals surface area contributed by atoms with Crippen LogP contribution in [-0.2, 0) is 15.1 Å². The topological polar surface area (TPSA) is 70.3 Å². The van der Waals surface area contributed by atoms with Gasteiger partial charge in [0.15, 0.2) is 5.82 Å². The minimum atomic E-state index is -0.467. The lowest BCUT2D eigenvalue weighted by molar-refractivity contribution is -0.117. The van der Waals surface area contributed by atoms with E-state index in [4.69, 9.17) is 20.2 Å². The van der Waals surface area contributed by atoms with E-state index in [0.717, 1.165) is 23.0 Å². The molecule has 20 heavy (non-hydrogen) atoms. The van der Waals surface area contributed by atoms with E-state index < -0.39 is 5.60 Å². The summed E-state index contributed by atoms with van der Waals surface area (Å²) in [6, 6.07) is 0. The van der Waals surface area contributed by atoms with Gasteiger partial charge in [0.2, 0.25) is 0 Å². The molecule has 6 heteroatoms. The predicted octanol–water partition coefficient (Wildman–Crippen LogP) is 2.99. The normalized spacial score (nSPS) is 18.4. The molecule has 1 fully saturated rings. The summed E-state index contributed by atoms with van der Waals surface area (Å²) < 4.78 is 12.2. The Labute approximate surface area is 128 Å². The number of rotatable bonds is 4. The summed E-state index contributed by atoms with van der Waals surface area (Å²) in [6.07, 6.45) is 1.53. The van der Waals surface area contributed by atoms with Gasteiger partial charge in [-0.05, 0) is 28.8 Å². The van der Waals surface area contributed by atoms with Crippen molar-refractivity contribution < 1.29 is 9.47 Å². The van der Waals surface area contributed by atoms with Crippen molar-refractivity contribution in [2.75, 3.05) is 25.6 Å². The van der Waals surface area contributed by atoms with Crippen LogP contribution in [0, 0.1) is 0 Å². The van der Waals surface area contributed by atoms with Crippen molar-refractivity contribution in [3.63, 3.8) is 0 Å². The summed E-state index contributed by atoms with van der Waals surface area (Å²) >= 11 is 3.48. The Bertz CT molecular complexity index is 468. The average Bonchev–Trinajstić information content (AvgIpc) is 2.42. The number of nitrogens with two attached hydrogens (primary N) is 1. The van der Waals surface area contributed by atoms with Crippen LogP contribution in [0.2, 0.25) is 0 Å². The molecule has 0 aliphatic carbocycles. The highest BCUT2D eigenvalue weighted by Gasteiger charge is 2.39. The van der Waals surface area contributed by atoms with Gasteiger partial charge in [0.05, 0.1) is 10.2 Å². The first-order valence-electron chi connectivity index (χ1n) is 7.05. The highest BCUT2D eigenvalue weighted by atomic mass is 79.9. The van der Waals surface area contributed by atoms with Crippen molar-refractivity contribution >= 4 is 21.7 Å². The Morgan fingerprint density at radius 3 is 2.55 bits per heavy atom. The smallest absolute Gasteiger partial charge is 0.163 e. The average molecular weight is 344 g/mol. The van der Waals surface area contributed by atoms with Crippen molar-refractivity contribution in [2.45, 2.75) is 45.1 Å². The second kappa shape index (κ2) is 6.37. The molecule has 2 heterocycles. The van der Waals surface area contributed by atoms with E-state index in [-0.39, 0.29) is 5.92 Å². The van der Waals surface area contributed by atoms with Gasteiger partial charge in [-0.3, -0.25) is 0 Å². The predicted molar refractivity (Wildman–Crippen MR) is 81.6 cm³/mol. The van der Waals surface area contributed by atoms with Crippen molar-refractivity contribution in [1.82, 2.24) is 9.97 Å². The van der Waals surface area contributed by atoms with Crippen LogP contribution in [0.4, 0.5) is 5.82 Å². The maximum Gasteiger partial charge on any atom is 0.163 e. The lowest BCUT2D eigenvalue weighted by atomic mass is 9.92. The molecule has 1 aromatic heterocycles. The summed E-state index contributed by atoms with van der Waals surface area (Å²) in [5.41, 5.74) is 6.50. The van der Waals surface area contributed by atoms with Gasteiger partial charge in [0, 0.05) is 32.7 Å². The SMILES string of the molecule is CCOC1(c2nc(N)c(Br)c(C(C)C)n2)CCOCC1. The lowest BCUT2D eigenvalue weighted by Gasteiger charge is -2.35. The maximum absolute atomic E-state index is 6.04. The first-order valence-corrected chi connectivity index (χ1v) is 7.84. The Morgan fingerprint density at radius 1 is 1.35 bits per heavy atom. The molecule has 0 amide bonds. The van der Waals surface area contributed by atoms with Gasteiger partial charge < -0.3 is 15.2 Å². The van der Waals surface area contributed by atoms with E-state index in [1.54, 1.807) is 0 Å². The summed E-state index contributed by atoms with van der Waals surface area (Å²) in [4.78, 5) is 9.20. The highest BCUT2D eigenvalue weighted by Crippen LogP contribution is 2.37. The number of nitrogen functional groups attached to an aromatic ring is 1. The number of ether oxygens (including phenoxy) is 2. The number of nitrogens with zero attached hydrogens (tertiary/aromatic N) is 2. The first kappa shape index (κ1) is 15.7. The maximum atomic E-state index is 6.04. The summed E-state index contributed by atoms with van der Waals surface area (Å²) in [6.45, 7) is 8.12. The molecule has 0 bridgehead atoms. The molecule has 1 aliphatic heterocycles. The molecule has 2 rings (SSSR count). The molecule has 2 N–H and O–H groups in total. The first-order chi connectivity index (χ1) is 9.50. The van der Waals surface area contributed by atoms with Crippen LogP contribution in [-0.4, -0.2) is 29.8 Å². The lowest BCUT2D eigenvalue weighted by Crippen LogP contribution is -2.38. The van der Waals surface area contributed by atoms with Crippen molar-refractivity contribution in [1.29, 1.82) is 0 Å². The van der Waals surface area contributed by atoms with Crippen molar-refractivity contribution in [3.05, 3.63) is 16.0 Å². The standard InChI is InChI=1S/C14H22BrN3O2/c1-4-20-14(5-7-19-8-6-14)13-17-11(9(2)3)10(15)12(16)18-13/h9H,4-8H2,1-3H3,(H2,16,17,18). The summed E-state index contributed by atoms with van der Waals surface area (Å²) in [5.74, 6) is 1.43. The Morgan fingerprint density at radius 2 is 2.00 bits per heavy atom. The molecule has 0 spiro atoms. The fourth-order valence-corrected chi connectivity index (χ4v) is 3.11. The van der Waals surface area contributed by atoms with Crippen LogP contribution in [0.1, 0.15) is 51.0 Å². The number of hydrogen-bond donors (Lipinski definition) is 1. The van der Waals surface area contributed by atoms with Crippen LogP contribution < -0.4 is 5.73 Å². The van der Waals surface area contributed by atoms with Crippen LogP contribution in [0.5, 0.6) is 0 Å². The van der Waals surface area contributed by atoms with Crippen molar-refractivity contribution in [2.24, 2.45) is 0 Å². The third-order valence-electron chi connectivity index (χ3n) is 3.58. The van der Waals surface area contributed by atoms with Crippen LogP contribution >= 0.6 is 15.9 Å². The quantitative estimate of drug-likeness (QED) is 0.909. The molecule has 5 nitrogen and oxygen atoms in total. The van der Waals surface area contributed by atoms with Crippen LogP contribution in [0.25, 0.3) is 0 Å². The Hall–Kier alpha value is -0.720. The Kier molecular flexibility index (Phi) is 4.99. The molecule has 1 aromatic rings. The molecule has 0 aromatic carbocycles. The van der Waals surface area contributed by atoms with Crippen LogP contribution in [0.15, 0.2) is 4.47 Å². The molecule has 0 atom stereocenters. The third kappa shape index (κ3) is 2.97. The minimum absolute atomic E-state index is 0.270. The van der Waals surface area contributed by atoms with Crippen LogP contribution in [0.3, 0.4) is 0 Å². The van der Waals surface area contributed by atoms with Gasteiger partial charge in [0.1, 0.15) is 11.4 Å². The summed E-state index contributed by atoms with van der Waals surface area (Å²) in [5, 5.41) is 0. The zero-order valence-electron chi connectivity index (χ0n) is 12.3. The molecular formula is C14H22BrN3O2. The van der Waals surface area contributed by atoms with E-state index in [9.17, 15) is 0 Å². The number of halogens is 1. The van der Waals surface area contributed by atoms with Gasteiger partial charge >= 0.3 is 0 Å². The largest absolute Gasteiger partial charge is 0.383 e. The third-order valence-corrected chi connectivity index (χ3v) is 4.39. The molecule has 1 aliphatic rings. The molecule has 0 saturated carbocycles. The van der Waals surface area contributed by atoms with E-state index in [0.29, 0.717) is 31.5 Å². The van der Waals surface area contributed by atoms with Gasteiger partial charge in [-0.15, -0.1) is 0 Å². The molecule has 112 valence electrons. The van der Waals surface area contributed by atoms with E-state index in [1.807, 2.05) is 6.92 Å². The number of hydrogen-bond acceptors (Lipinski definition) is 5. The minimum Gasteiger partial charge on any atom is -0.383 e. The van der Waals surface area contributed by atoms with Gasteiger partial charge in [0.25, 0.3) is 0 Å². The number of anilines is 1. The van der Waals surface area contributed by atoms with E-state index in [1.165, 1.54) is 0 Å². The fraction of sp³-hybridized carbons (Fsp3) is 0.714. The van der Waals surface area contributed by atoms with E-state index in [2.05, 4.69) is 34.8 Å². The zero-order valence-corrected chi connectivity index (χ0v) is 13.9. The van der Waals surface area contributed by atoms with Gasteiger partial charge in [-0.2, -0.15) is 0 Å². The second-order valence-electron chi connectivity index (χ2n) is 5.33. The fourth-order valence-electron chi connectivity index (χ4n) is 2.48. The molecular weight excluding hydrogens is 322 g/mol. The van der Waals surface area contributed by atoms with E-state index >= 15 is 0 Å². The summed E-state index contributed by atoms with van der Waals surface area (Å²) in [7, 11) is 0. The number of aromatic nitrogens is 2. The van der Waals surface area contributed by atoms with Crippen molar-refractivity contribution in [3.8, 4) is 0 Å². The molecule has 0 radical (unpaired) electrons. The highest BCUT2D eigenvalue weighted by molar-refractivity contribution is 9.10. The molecule has 0 unspecified atom stereocenters. The monoisotopic (exact) mass is 343 g/mol. The van der Waals surface area contributed by atoms with Gasteiger partial charge in [-0.1, -0.05) is 13.8 Å². The zero-order chi connectivity index (χ0) is 14.8. The molecule has 1 saturated heterocycles.